The number of benzene rings is 1. The fraction of sp³-hybridized carbons (Fsp3) is 0.727. The molecule has 1 aromatic rings. The van der Waals surface area contributed by atoms with Gasteiger partial charge in [-0.25, -0.2) is 0 Å². The zero-order valence-corrected chi connectivity index (χ0v) is 16.4. The fourth-order valence-electron chi connectivity index (χ4n) is 6.35. The van der Waals surface area contributed by atoms with E-state index < -0.39 is 0 Å². The van der Waals surface area contributed by atoms with Gasteiger partial charge < -0.3 is 9.31 Å². The number of hydrogen-bond donors (Lipinski definition) is 0. The summed E-state index contributed by atoms with van der Waals surface area (Å²) in [5, 5.41) is 0. The second-order valence-corrected chi connectivity index (χ2v) is 10.1. The van der Waals surface area contributed by atoms with Crippen molar-refractivity contribution in [2.24, 2.45) is 17.3 Å². The van der Waals surface area contributed by atoms with Gasteiger partial charge in [-0.2, -0.15) is 0 Å². The van der Waals surface area contributed by atoms with Gasteiger partial charge in [-0.05, 0) is 99.6 Å². The van der Waals surface area contributed by atoms with Gasteiger partial charge in [-0.3, -0.25) is 0 Å². The molecule has 4 unspecified atom stereocenters. The predicted octanol–water partition coefficient (Wildman–Crippen LogP) is 4.45. The van der Waals surface area contributed by atoms with E-state index in [1.165, 1.54) is 37.6 Å². The van der Waals surface area contributed by atoms with Gasteiger partial charge in [0.15, 0.2) is 0 Å². The van der Waals surface area contributed by atoms with Crippen LogP contribution >= 0.6 is 0 Å². The summed E-state index contributed by atoms with van der Waals surface area (Å²) < 4.78 is 12.6. The van der Waals surface area contributed by atoms with Gasteiger partial charge in [0, 0.05) is 0 Å². The third-order valence-corrected chi connectivity index (χ3v) is 8.65. The topological polar surface area (TPSA) is 18.5 Å². The normalized spacial score (nSPS) is 39.7. The summed E-state index contributed by atoms with van der Waals surface area (Å²) in [6.45, 7) is 11.0. The predicted molar refractivity (Wildman–Crippen MR) is 102 cm³/mol. The molecule has 3 heteroatoms. The SMILES string of the molecule is CCC12CC3CC1CC2Cc1ccc(B2OC(C)(C)C(C)(C)O2)cc13. The molecule has 0 N–H and O–H groups in total. The maximum atomic E-state index is 6.30. The molecule has 0 spiro atoms. The van der Waals surface area contributed by atoms with E-state index in [4.69, 9.17) is 9.31 Å². The van der Waals surface area contributed by atoms with Crippen molar-refractivity contribution in [3.8, 4) is 0 Å². The van der Waals surface area contributed by atoms with E-state index in [1.54, 1.807) is 11.1 Å². The van der Waals surface area contributed by atoms with Gasteiger partial charge in [0.2, 0.25) is 0 Å². The second-order valence-electron chi connectivity index (χ2n) is 10.1. The first kappa shape index (κ1) is 16.4. The fourth-order valence-corrected chi connectivity index (χ4v) is 6.35. The molecule has 1 aliphatic heterocycles. The second kappa shape index (κ2) is 4.92. The highest BCUT2D eigenvalue weighted by molar-refractivity contribution is 6.62. The van der Waals surface area contributed by atoms with Crippen LogP contribution in [0.1, 0.15) is 77.3 Å². The summed E-state index contributed by atoms with van der Waals surface area (Å²) in [6.07, 6.45) is 6.96. The Morgan fingerprint density at radius 3 is 2.44 bits per heavy atom. The molecule has 134 valence electrons. The lowest BCUT2D eigenvalue weighted by Crippen LogP contribution is -2.46. The first-order chi connectivity index (χ1) is 11.8. The molecule has 4 atom stereocenters. The molecule has 1 aromatic carbocycles. The quantitative estimate of drug-likeness (QED) is 0.742. The van der Waals surface area contributed by atoms with E-state index in [1.807, 2.05) is 0 Å². The molecule has 3 aliphatic carbocycles. The minimum absolute atomic E-state index is 0.231. The molecule has 1 saturated heterocycles. The van der Waals surface area contributed by atoms with Crippen molar-refractivity contribution in [3.63, 3.8) is 0 Å². The minimum atomic E-state index is -0.267. The third-order valence-electron chi connectivity index (χ3n) is 8.65. The lowest BCUT2D eigenvalue weighted by molar-refractivity contribution is -0.0297. The van der Waals surface area contributed by atoms with Gasteiger partial charge >= 0.3 is 7.12 Å². The van der Waals surface area contributed by atoms with Crippen LogP contribution in [-0.4, -0.2) is 18.3 Å². The van der Waals surface area contributed by atoms with E-state index in [0.717, 1.165) is 17.8 Å². The van der Waals surface area contributed by atoms with Crippen LogP contribution < -0.4 is 5.46 Å². The van der Waals surface area contributed by atoms with Crippen LogP contribution in [0, 0.1) is 17.3 Å². The highest BCUT2D eigenvalue weighted by Crippen LogP contribution is 2.69. The molecule has 2 saturated carbocycles. The van der Waals surface area contributed by atoms with Gasteiger partial charge in [0.1, 0.15) is 0 Å². The molecule has 1 heterocycles. The van der Waals surface area contributed by atoms with E-state index in [9.17, 15) is 0 Å². The van der Waals surface area contributed by atoms with Crippen molar-refractivity contribution in [1.29, 1.82) is 0 Å². The van der Waals surface area contributed by atoms with Gasteiger partial charge in [0.25, 0.3) is 0 Å². The Balaban J connectivity index is 1.49. The lowest BCUT2D eigenvalue weighted by atomic mass is 9.52. The van der Waals surface area contributed by atoms with E-state index in [-0.39, 0.29) is 18.3 Å². The zero-order valence-electron chi connectivity index (χ0n) is 16.4. The molecular formula is C22H31BO2. The summed E-state index contributed by atoms with van der Waals surface area (Å²) in [7, 11) is -0.231. The van der Waals surface area contributed by atoms with Crippen LogP contribution in [0.15, 0.2) is 18.2 Å². The molecule has 2 nitrogen and oxygen atoms in total. The first-order valence-corrected chi connectivity index (χ1v) is 10.2. The number of rotatable bonds is 2. The Labute approximate surface area is 152 Å². The van der Waals surface area contributed by atoms with E-state index >= 15 is 0 Å². The Morgan fingerprint density at radius 2 is 1.76 bits per heavy atom. The maximum Gasteiger partial charge on any atom is 0.494 e. The minimum Gasteiger partial charge on any atom is -0.399 e. The Kier molecular flexibility index (Phi) is 3.23. The number of hydrogen-bond acceptors (Lipinski definition) is 2. The zero-order chi connectivity index (χ0) is 17.6. The molecule has 0 radical (unpaired) electrons. The van der Waals surface area contributed by atoms with Gasteiger partial charge in [0.05, 0.1) is 11.2 Å². The molecular weight excluding hydrogens is 307 g/mol. The van der Waals surface area contributed by atoms with Crippen LogP contribution in [0.2, 0.25) is 0 Å². The number of fused-ring (bicyclic) bond motifs is 3. The molecule has 5 rings (SSSR count). The van der Waals surface area contributed by atoms with Gasteiger partial charge in [-0.15, -0.1) is 0 Å². The van der Waals surface area contributed by atoms with Crippen molar-refractivity contribution in [3.05, 3.63) is 29.3 Å². The first-order valence-electron chi connectivity index (χ1n) is 10.2. The van der Waals surface area contributed by atoms with Crippen molar-refractivity contribution in [1.82, 2.24) is 0 Å². The van der Waals surface area contributed by atoms with Crippen LogP contribution in [-0.2, 0) is 15.7 Å². The average molecular weight is 338 g/mol. The highest BCUT2D eigenvalue weighted by atomic mass is 16.7. The Hall–Kier alpha value is -0.795. The van der Waals surface area contributed by atoms with Gasteiger partial charge in [-0.1, -0.05) is 25.1 Å². The van der Waals surface area contributed by atoms with Crippen LogP contribution in [0.25, 0.3) is 0 Å². The largest absolute Gasteiger partial charge is 0.494 e. The van der Waals surface area contributed by atoms with Crippen LogP contribution in [0.3, 0.4) is 0 Å². The molecule has 2 bridgehead atoms. The Bertz CT molecular complexity index is 709. The molecule has 0 aromatic heterocycles. The summed E-state index contributed by atoms with van der Waals surface area (Å²) >= 11 is 0. The molecule has 25 heavy (non-hydrogen) atoms. The molecule has 0 amide bonds. The van der Waals surface area contributed by atoms with E-state index in [2.05, 4.69) is 52.8 Å². The summed E-state index contributed by atoms with van der Waals surface area (Å²) in [4.78, 5) is 0. The summed E-state index contributed by atoms with van der Waals surface area (Å²) in [5.74, 6) is 2.67. The van der Waals surface area contributed by atoms with Crippen LogP contribution in [0.4, 0.5) is 0 Å². The maximum absolute atomic E-state index is 6.30. The van der Waals surface area contributed by atoms with Crippen molar-refractivity contribution in [2.45, 2.75) is 83.8 Å². The standard InChI is InChI=1S/C22H31BO2/c1-6-22-13-15-10-17(22)11-16(22)9-14-7-8-18(12-19(14)15)23-24-20(2,3)21(4,5)25-23/h7-8,12,15-17H,6,9-11,13H2,1-5H3. The Morgan fingerprint density at radius 1 is 1.04 bits per heavy atom. The molecule has 4 aliphatic rings. The lowest BCUT2D eigenvalue weighted by Gasteiger charge is -2.53. The van der Waals surface area contributed by atoms with Crippen molar-refractivity contribution >= 4 is 12.6 Å². The van der Waals surface area contributed by atoms with Crippen molar-refractivity contribution in [2.75, 3.05) is 0 Å². The third kappa shape index (κ3) is 2.06. The summed E-state index contributed by atoms with van der Waals surface area (Å²) in [6, 6.07) is 7.07. The average Bonchev–Trinajstić information content (AvgIpc) is 2.90. The highest BCUT2D eigenvalue weighted by Gasteiger charge is 2.60. The summed E-state index contributed by atoms with van der Waals surface area (Å²) in [5.41, 5.74) is 4.54. The molecule has 3 fully saturated rings. The van der Waals surface area contributed by atoms with E-state index in [0.29, 0.717) is 5.41 Å². The van der Waals surface area contributed by atoms with Crippen LogP contribution in [0.5, 0.6) is 0 Å². The smallest absolute Gasteiger partial charge is 0.399 e. The van der Waals surface area contributed by atoms with Crippen molar-refractivity contribution < 1.29 is 9.31 Å². The monoisotopic (exact) mass is 338 g/mol.